The number of likely N-dealkylation sites (tertiary alicyclic amines) is 1. The lowest BCUT2D eigenvalue weighted by atomic mass is 10.0. The zero-order valence-electron chi connectivity index (χ0n) is 26.8. The number of imide groups is 1. The van der Waals surface area contributed by atoms with E-state index in [4.69, 9.17) is 14.7 Å². The Balaban J connectivity index is 1.26. The Hall–Kier alpha value is -4.50. The van der Waals surface area contributed by atoms with Gasteiger partial charge in [-0.05, 0) is 70.3 Å². The van der Waals surface area contributed by atoms with Crippen molar-refractivity contribution in [2.24, 2.45) is 0 Å². The summed E-state index contributed by atoms with van der Waals surface area (Å²) in [6.45, 7) is 7.81. The Bertz CT molecular complexity index is 1570. The number of hydrogen-bond donors (Lipinski definition) is 0. The molecule has 4 aliphatic rings. The van der Waals surface area contributed by atoms with Crippen molar-refractivity contribution in [1.82, 2.24) is 24.7 Å². The van der Waals surface area contributed by atoms with E-state index in [1.54, 1.807) is 11.0 Å². The van der Waals surface area contributed by atoms with Crippen LogP contribution in [0, 0.1) is 11.3 Å². The van der Waals surface area contributed by atoms with Gasteiger partial charge in [0.05, 0.1) is 54.2 Å². The van der Waals surface area contributed by atoms with E-state index < -0.39 is 0 Å². The number of nitriles is 1. The molecule has 2 fully saturated rings. The van der Waals surface area contributed by atoms with E-state index in [2.05, 4.69) is 34.4 Å². The number of carbonyl (C=O) groups is 3. The van der Waals surface area contributed by atoms with E-state index >= 15 is 0 Å². The summed E-state index contributed by atoms with van der Waals surface area (Å²) in [5, 5.41) is 9.53. The number of unbranched alkanes of at least 4 members (excludes halogenated alkanes) is 1. The van der Waals surface area contributed by atoms with Crippen molar-refractivity contribution in [1.29, 1.82) is 5.26 Å². The smallest absolute Gasteiger partial charge is 0.318 e. The van der Waals surface area contributed by atoms with Crippen LogP contribution in [0.5, 0.6) is 6.01 Å². The average molecular weight is 627 g/mol. The molecule has 3 amide bonds. The summed E-state index contributed by atoms with van der Waals surface area (Å²) in [5.74, 6) is 0.000463. The lowest BCUT2D eigenvalue weighted by molar-refractivity contribution is -0.128. The minimum Gasteiger partial charge on any atom is -0.463 e. The number of aromatic nitrogens is 2. The van der Waals surface area contributed by atoms with Gasteiger partial charge in [0.15, 0.2) is 0 Å². The van der Waals surface area contributed by atoms with Crippen molar-refractivity contribution in [3.8, 4) is 12.1 Å². The molecule has 2 atom stereocenters. The Kier molecular flexibility index (Phi) is 9.22. The Morgan fingerprint density at radius 3 is 2.70 bits per heavy atom. The van der Waals surface area contributed by atoms with Gasteiger partial charge in [0.25, 0.3) is 11.8 Å². The molecule has 4 aliphatic heterocycles. The van der Waals surface area contributed by atoms with Gasteiger partial charge in [-0.25, -0.2) is 0 Å². The molecule has 12 heteroatoms. The van der Waals surface area contributed by atoms with Crippen LogP contribution in [0.15, 0.2) is 30.9 Å². The molecule has 0 unspecified atom stereocenters. The Morgan fingerprint density at radius 2 is 1.93 bits per heavy atom. The third kappa shape index (κ3) is 6.03. The fraction of sp³-hybridized carbons (Fsp3) is 0.529. The Labute approximate surface area is 270 Å². The molecule has 1 aromatic heterocycles. The molecule has 46 heavy (non-hydrogen) atoms. The molecule has 2 saturated heterocycles. The molecular formula is C34H42N8O4. The molecule has 12 nitrogen and oxygen atoms in total. The van der Waals surface area contributed by atoms with Crippen LogP contribution in [0.4, 0.5) is 11.5 Å². The fourth-order valence-electron chi connectivity index (χ4n) is 7.29. The average Bonchev–Trinajstić information content (AvgIpc) is 3.58. The molecule has 5 heterocycles. The minimum atomic E-state index is -0.298. The van der Waals surface area contributed by atoms with Gasteiger partial charge >= 0.3 is 6.01 Å². The van der Waals surface area contributed by atoms with Crippen molar-refractivity contribution < 1.29 is 19.1 Å². The molecule has 6 rings (SSSR count). The van der Waals surface area contributed by atoms with Crippen LogP contribution in [-0.2, 0) is 17.8 Å². The number of ether oxygens (including phenoxy) is 1. The van der Waals surface area contributed by atoms with Gasteiger partial charge in [0.2, 0.25) is 5.91 Å². The van der Waals surface area contributed by atoms with E-state index in [1.807, 2.05) is 12.1 Å². The standard InChI is InChI=1S/C34H42N8O4/c1-4-29(43)42-19-18-41(21-24(42)13-15-35)31-25-14-17-40(28-12-7-11-26-30(28)33(45)39(3)32(26)44)22-27(25)36-34(37-31)46-20-6-5-9-23-10-8-16-38(23)2/h4,7,11-12,23-24H,1,5-6,8-10,13-14,16-22H2,2-3H3/t23-,24+/m1/s1. The zero-order chi connectivity index (χ0) is 32.4. The number of benzene rings is 1. The molecule has 1 aromatic carbocycles. The third-order valence-electron chi connectivity index (χ3n) is 9.86. The summed E-state index contributed by atoms with van der Waals surface area (Å²) in [7, 11) is 3.71. The quantitative estimate of drug-likeness (QED) is 0.221. The van der Waals surface area contributed by atoms with Crippen molar-refractivity contribution in [2.75, 3.05) is 63.2 Å². The highest BCUT2D eigenvalue weighted by Gasteiger charge is 2.38. The first-order valence-corrected chi connectivity index (χ1v) is 16.3. The van der Waals surface area contributed by atoms with Crippen LogP contribution in [0.1, 0.15) is 70.5 Å². The topological polar surface area (TPSA) is 126 Å². The third-order valence-corrected chi connectivity index (χ3v) is 9.86. The molecule has 0 aliphatic carbocycles. The van der Waals surface area contributed by atoms with Crippen molar-refractivity contribution >= 4 is 29.2 Å². The first kappa shape index (κ1) is 31.5. The fourth-order valence-corrected chi connectivity index (χ4v) is 7.29. The van der Waals surface area contributed by atoms with Gasteiger partial charge < -0.3 is 24.3 Å². The number of amides is 3. The minimum absolute atomic E-state index is 0.179. The SMILES string of the molecule is C=CC(=O)N1CCN(c2nc(OCCCC[C@@H]3CCCN3C)nc3c2CCN(c2cccc4c2C(=O)N(C)C4=O)C3)C[C@@H]1CC#N. The number of nitrogens with zero attached hydrogens (tertiary/aromatic N) is 8. The summed E-state index contributed by atoms with van der Waals surface area (Å²) in [6, 6.07) is 8.29. The van der Waals surface area contributed by atoms with Gasteiger partial charge in [-0.15, -0.1) is 0 Å². The summed E-state index contributed by atoms with van der Waals surface area (Å²) in [6.07, 6.45) is 7.76. The molecule has 0 bridgehead atoms. The molecule has 0 N–H and O–H groups in total. The first-order chi connectivity index (χ1) is 22.3. The Morgan fingerprint density at radius 1 is 1.09 bits per heavy atom. The maximum atomic E-state index is 13.1. The molecule has 0 saturated carbocycles. The lowest BCUT2D eigenvalue weighted by Crippen LogP contribution is -2.55. The molecule has 0 radical (unpaired) electrons. The maximum Gasteiger partial charge on any atom is 0.318 e. The summed E-state index contributed by atoms with van der Waals surface area (Å²) >= 11 is 0. The highest BCUT2D eigenvalue weighted by atomic mass is 16.5. The van der Waals surface area contributed by atoms with Crippen LogP contribution >= 0.6 is 0 Å². The summed E-state index contributed by atoms with van der Waals surface area (Å²) < 4.78 is 6.19. The van der Waals surface area contributed by atoms with Crippen molar-refractivity contribution in [2.45, 2.75) is 63.6 Å². The number of rotatable bonds is 10. The first-order valence-electron chi connectivity index (χ1n) is 16.3. The number of anilines is 2. The predicted octanol–water partition coefficient (Wildman–Crippen LogP) is 3.03. The van der Waals surface area contributed by atoms with Gasteiger partial charge in [-0.3, -0.25) is 19.3 Å². The monoisotopic (exact) mass is 626 g/mol. The van der Waals surface area contributed by atoms with Gasteiger partial charge in [-0.2, -0.15) is 15.2 Å². The van der Waals surface area contributed by atoms with Crippen LogP contribution < -0.4 is 14.5 Å². The summed E-state index contributed by atoms with van der Waals surface area (Å²) in [4.78, 5) is 57.7. The maximum absolute atomic E-state index is 13.1. The lowest BCUT2D eigenvalue weighted by Gasteiger charge is -2.42. The molecule has 242 valence electrons. The number of carbonyl (C=O) groups excluding carboxylic acids is 3. The molecule has 2 aromatic rings. The number of hydrogen-bond acceptors (Lipinski definition) is 10. The zero-order valence-corrected chi connectivity index (χ0v) is 26.8. The predicted molar refractivity (Wildman–Crippen MR) is 173 cm³/mol. The number of piperazine rings is 1. The van der Waals surface area contributed by atoms with E-state index in [-0.39, 0.29) is 30.2 Å². The van der Waals surface area contributed by atoms with Gasteiger partial charge in [0.1, 0.15) is 5.82 Å². The van der Waals surface area contributed by atoms with E-state index in [0.29, 0.717) is 68.9 Å². The second kappa shape index (κ2) is 13.5. The molecular weight excluding hydrogens is 584 g/mol. The highest BCUT2D eigenvalue weighted by molar-refractivity contribution is 6.23. The normalized spacial score (nSPS) is 21.3. The van der Waals surface area contributed by atoms with E-state index in [9.17, 15) is 19.6 Å². The largest absolute Gasteiger partial charge is 0.463 e. The summed E-state index contributed by atoms with van der Waals surface area (Å²) in [5.41, 5.74) is 3.38. The highest BCUT2D eigenvalue weighted by Crippen LogP contribution is 2.36. The van der Waals surface area contributed by atoms with Crippen LogP contribution in [-0.4, -0.2) is 108 Å². The van der Waals surface area contributed by atoms with E-state index in [0.717, 1.165) is 46.9 Å². The molecule has 0 spiro atoms. The number of fused-ring (bicyclic) bond motifs is 2. The van der Waals surface area contributed by atoms with Crippen LogP contribution in [0.3, 0.4) is 0 Å². The van der Waals surface area contributed by atoms with Crippen LogP contribution in [0.25, 0.3) is 0 Å². The van der Waals surface area contributed by atoms with E-state index in [1.165, 1.54) is 32.5 Å². The van der Waals surface area contributed by atoms with Crippen molar-refractivity contribution in [3.63, 3.8) is 0 Å². The van der Waals surface area contributed by atoms with Gasteiger partial charge in [0, 0.05) is 44.8 Å². The van der Waals surface area contributed by atoms with Gasteiger partial charge in [-0.1, -0.05) is 12.6 Å². The second-order valence-corrected chi connectivity index (χ2v) is 12.6. The second-order valence-electron chi connectivity index (χ2n) is 12.6. The van der Waals surface area contributed by atoms with Crippen LogP contribution in [0.2, 0.25) is 0 Å². The van der Waals surface area contributed by atoms with Crippen molar-refractivity contribution in [3.05, 3.63) is 53.2 Å².